The molecule has 5 nitrogen and oxygen atoms in total. The Kier molecular flexibility index (Phi) is 8.48. The molecule has 0 aliphatic heterocycles. The molecule has 1 heterocycles. The van der Waals surface area contributed by atoms with Gasteiger partial charge in [0.2, 0.25) is 0 Å². The van der Waals surface area contributed by atoms with Gasteiger partial charge in [0.15, 0.2) is 5.96 Å². The number of halogens is 3. The zero-order chi connectivity index (χ0) is 21.3. The molecule has 0 saturated carbocycles. The molecule has 9 heteroatoms. The zero-order valence-electron chi connectivity index (χ0n) is 16.4. The van der Waals surface area contributed by atoms with Crippen LogP contribution < -0.4 is 10.6 Å². The Hall–Kier alpha value is -2.10. The van der Waals surface area contributed by atoms with Gasteiger partial charge in [-0.15, -0.1) is 11.3 Å². The normalized spacial score (nSPS) is 14.5. The summed E-state index contributed by atoms with van der Waals surface area (Å²) < 4.78 is 41.3. The maximum atomic E-state index is 12.2. The molecule has 0 spiro atoms. The summed E-state index contributed by atoms with van der Waals surface area (Å²) in [6, 6.07) is 10.9. The van der Waals surface area contributed by atoms with E-state index in [0.717, 1.165) is 10.4 Å². The molecule has 0 radical (unpaired) electrons. The van der Waals surface area contributed by atoms with Crippen LogP contribution >= 0.6 is 11.3 Å². The van der Waals surface area contributed by atoms with Crippen molar-refractivity contribution >= 4 is 17.3 Å². The van der Waals surface area contributed by atoms with Gasteiger partial charge in [-0.05, 0) is 36.4 Å². The highest BCUT2D eigenvalue weighted by Crippen LogP contribution is 2.24. The van der Waals surface area contributed by atoms with Gasteiger partial charge in [0.1, 0.15) is 12.2 Å². The predicted octanol–water partition coefficient (Wildman–Crippen LogP) is 3.79. The van der Waals surface area contributed by atoms with E-state index >= 15 is 0 Å². The van der Waals surface area contributed by atoms with Crippen LogP contribution in [-0.2, 0) is 23.5 Å². The summed E-state index contributed by atoms with van der Waals surface area (Å²) in [4.78, 5) is 5.35. The van der Waals surface area contributed by atoms with Gasteiger partial charge in [0.05, 0.1) is 19.7 Å². The summed E-state index contributed by atoms with van der Waals surface area (Å²) in [6.07, 6.45) is -4.33. The van der Waals surface area contributed by atoms with Gasteiger partial charge in [-0.25, -0.2) is 4.99 Å². The number of guanidine groups is 1. The first-order valence-electron chi connectivity index (χ1n) is 9.20. The van der Waals surface area contributed by atoms with E-state index in [2.05, 4.69) is 15.6 Å². The van der Waals surface area contributed by atoms with Crippen LogP contribution in [0.2, 0.25) is 0 Å². The number of benzene rings is 1. The lowest BCUT2D eigenvalue weighted by Crippen LogP contribution is -2.44. The van der Waals surface area contributed by atoms with Crippen molar-refractivity contribution in [1.82, 2.24) is 10.6 Å². The average molecular weight is 430 g/mol. The Labute approximate surface area is 172 Å². The highest BCUT2D eigenvalue weighted by atomic mass is 32.1. The quantitative estimate of drug-likeness (QED) is 0.419. The van der Waals surface area contributed by atoms with Crippen molar-refractivity contribution in [2.75, 3.05) is 19.7 Å². The van der Waals surface area contributed by atoms with Gasteiger partial charge in [-0.2, -0.15) is 13.2 Å². The predicted molar refractivity (Wildman–Crippen MR) is 109 cm³/mol. The molecule has 0 amide bonds. The van der Waals surface area contributed by atoms with Crippen molar-refractivity contribution in [2.24, 2.45) is 4.99 Å². The van der Waals surface area contributed by atoms with Crippen molar-refractivity contribution in [1.29, 1.82) is 0 Å². The minimum atomic E-state index is -4.33. The third-order valence-corrected chi connectivity index (χ3v) is 5.06. The van der Waals surface area contributed by atoms with Crippen LogP contribution in [0.3, 0.4) is 0 Å². The van der Waals surface area contributed by atoms with E-state index in [1.54, 1.807) is 25.1 Å². The number of rotatable bonds is 9. The zero-order valence-corrected chi connectivity index (χ0v) is 17.2. The summed E-state index contributed by atoms with van der Waals surface area (Å²) >= 11 is 1.48. The first-order chi connectivity index (χ1) is 13.7. The number of aliphatic hydroxyl groups is 1. The third kappa shape index (κ3) is 8.43. The van der Waals surface area contributed by atoms with Gasteiger partial charge in [-0.3, -0.25) is 0 Å². The molecule has 1 atom stereocenters. The minimum Gasteiger partial charge on any atom is -0.383 e. The SMILES string of the molecule is CCNC(=NCc1cccc(COCC(F)(F)F)c1)NCC(C)(O)c1cccs1. The Morgan fingerprint density at radius 3 is 2.59 bits per heavy atom. The first kappa shape index (κ1) is 23.2. The van der Waals surface area contributed by atoms with E-state index < -0.39 is 18.4 Å². The van der Waals surface area contributed by atoms with E-state index in [4.69, 9.17) is 4.74 Å². The summed E-state index contributed by atoms with van der Waals surface area (Å²) in [7, 11) is 0. The largest absolute Gasteiger partial charge is 0.411 e. The minimum absolute atomic E-state index is 0.112. The highest BCUT2D eigenvalue weighted by Gasteiger charge is 2.27. The van der Waals surface area contributed by atoms with Crippen LogP contribution in [0.15, 0.2) is 46.8 Å². The van der Waals surface area contributed by atoms with Gasteiger partial charge < -0.3 is 20.5 Å². The highest BCUT2D eigenvalue weighted by molar-refractivity contribution is 7.10. The topological polar surface area (TPSA) is 65.9 Å². The Morgan fingerprint density at radius 2 is 1.93 bits per heavy atom. The van der Waals surface area contributed by atoms with E-state index in [1.807, 2.05) is 30.5 Å². The second kappa shape index (κ2) is 10.6. The summed E-state index contributed by atoms with van der Waals surface area (Å²) in [5.74, 6) is 0.544. The number of ether oxygens (including phenoxy) is 1. The number of hydrogen-bond donors (Lipinski definition) is 3. The molecule has 0 saturated heterocycles. The molecule has 0 fully saturated rings. The molecule has 1 unspecified atom stereocenters. The average Bonchev–Trinajstić information content (AvgIpc) is 3.19. The lowest BCUT2D eigenvalue weighted by atomic mass is 10.1. The molecule has 2 aromatic rings. The number of nitrogens with one attached hydrogen (secondary N) is 2. The van der Waals surface area contributed by atoms with E-state index in [-0.39, 0.29) is 13.2 Å². The second-order valence-corrected chi connectivity index (χ2v) is 7.68. The van der Waals surface area contributed by atoms with Gasteiger partial charge in [0.25, 0.3) is 0 Å². The van der Waals surface area contributed by atoms with Crippen LogP contribution in [0.4, 0.5) is 13.2 Å². The van der Waals surface area contributed by atoms with Crippen LogP contribution in [0, 0.1) is 0 Å². The Morgan fingerprint density at radius 1 is 1.17 bits per heavy atom. The maximum absolute atomic E-state index is 12.2. The van der Waals surface area contributed by atoms with Crippen molar-refractivity contribution in [3.63, 3.8) is 0 Å². The van der Waals surface area contributed by atoms with Crippen LogP contribution in [-0.4, -0.2) is 36.9 Å². The molecule has 3 N–H and O–H groups in total. The second-order valence-electron chi connectivity index (χ2n) is 6.73. The molecule has 0 bridgehead atoms. The lowest BCUT2D eigenvalue weighted by molar-refractivity contribution is -0.176. The van der Waals surface area contributed by atoms with Gasteiger partial charge in [-0.1, -0.05) is 30.3 Å². The number of nitrogens with zero attached hydrogens (tertiary/aromatic N) is 1. The molecule has 160 valence electrons. The van der Waals surface area contributed by atoms with Crippen LogP contribution in [0.25, 0.3) is 0 Å². The first-order valence-corrected chi connectivity index (χ1v) is 10.1. The third-order valence-electron chi connectivity index (χ3n) is 3.94. The molecular weight excluding hydrogens is 403 g/mol. The van der Waals surface area contributed by atoms with Gasteiger partial charge in [0, 0.05) is 11.4 Å². The van der Waals surface area contributed by atoms with Crippen molar-refractivity contribution in [3.05, 3.63) is 57.8 Å². The van der Waals surface area contributed by atoms with Crippen LogP contribution in [0.5, 0.6) is 0 Å². The van der Waals surface area contributed by atoms with E-state index in [9.17, 15) is 18.3 Å². The van der Waals surface area contributed by atoms with Crippen LogP contribution in [0.1, 0.15) is 29.9 Å². The summed E-state index contributed by atoms with van der Waals surface area (Å²) in [5.41, 5.74) is 0.473. The molecule has 1 aromatic heterocycles. The Bertz CT molecular complexity index is 778. The van der Waals surface area contributed by atoms with Crippen molar-refractivity contribution in [3.8, 4) is 0 Å². The number of alkyl halides is 3. The molecule has 0 aliphatic rings. The van der Waals surface area contributed by atoms with Crippen molar-refractivity contribution in [2.45, 2.75) is 38.8 Å². The molecular formula is C20H26F3N3O2S. The number of hydrogen-bond acceptors (Lipinski definition) is 4. The fourth-order valence-electron chi connectivity index (χ4n) is 2.54. The fraction of sp³-hybridized carbons (Fsp3) is 0.450. The van der Waals surface area contributed by atoms with Gasteiger partial charge >= 0.3 is 6.18 Å². The maximum Gasteiger partial charge on any atom is 0.411 e. The summed E-state index contributed by atoms with van der Waals surface area (Å²) in [5, 5.41) is 18.8. The standard InChI is InChI=1S/C20H26F3N3O2S/c1-3-24-18(26-13-19(2,27)17-8-5-9-29-17)25-11-15-6-4-7-16(10-15)12-28-14-20(21,22)23/h4-10,27H,3,11-14H2,1-2H3,(H2,24,25,26). The lowest BCUT2D eigenvalue weighted by Gasteiger charge is -2.23. The molecule has 1 aromatic carbocycles. The van der Waals surface area contributed by atoms with E-state index in [1.165, 1.54) is 11.3 Å². The molecule has 2 rings (SSSR count). The Balaban J connectivity index is 1.94. The molecule has 0 aliphatic carbocycles. The van der Waals surface area contributed by atoms with E-state index in [0.29, 0.717) is 24.6 Å². The fourth-order valence-corrected chi connectivity index (χ4v) is 3.33. The molecule has 29 heavy (non-hydrogen) atoms. The monoisotopic (exact) mass is 429 g/mol. The van der Waals surface area contributed by atoms with Crippen molar-refractivity contribution < 1.29 is 23.0 Å². The smallest absolute Gasteiger partial charge is 0.383 e. The summed E-state index contributed by atoms with van der Waals surface area (Å²) in [6.45, 7) is 3.56. The number of aliphatic imine (C=N–C) groups is 1. The number of thiophene rings is 1.